The maximum Gasteiger partial charge on any atom is 0.243 e. The number of aliphatic hydroxyl groups excluding tert-OH is 1. The minimum atomic E-state index is -1.19. The largest absolute Gasteiger partial charge is 0.507 e. The Labute approximate surface area is 485 Å². The number of fused-ring (bicyclic) bond motifs is 2. The van der Waals surface area contributed by atoms with Crippen LogP contribution in [0.15, 0.2) is 70.7 Å². The van der Waals surface area contributed by atoms with Crippen LogP contribution in [0.2, 0.25) is 0 Å². The number of phenols is 1. The summed E-state index contributed by atoms with van der Waals surface area (Å²) in [5.41, 5.74) is 12.1. The first kappa shape index (κ1) is 56.7. The first-order valence-electron chi connectivity index (χ1n) is 30.4. The Bertz CT molecular complexity index is 2990. The fourth-order valence-electron chi connectivity index (χ4n) is 14.5. The summed E-state index contributed by atoms with van der Waals surface area (Å²) in [7, 11) is 0. The van der Waals surface area contributed by atoms with Gasteiger partial charge in [-0.25, -0.2) is 9.37 Å². The van der Waals surface area contributed by atoms with E-state index in [-0.39, 0.29) is 54.6 Å². The third-order valence-electron chi connectivity index (χ3n) is 19.5. The Balaban J connectivity index is 0.546. The molecule has 7 aliphatic rings. The molecule has 6 atom stereocenters. The number of rotatable bonds is 17. The molecule has 5 aromatic rings. The van der Waals surface area contributed by atoms with Gasteiger partial charge in [-0.2, -0.15) is 0 Å². The molecule has 6 aliphatic heterocycles. The van der Waals surface area contributed by atoms with Crippen molar-refractivity contribution < 1.29 is 33.5 Å². The minimum Gasteiger partial charge on any atom is -0.507 e. The highest BCUT2D eigenvalue weighted by Gasteiger charge is 2.48. The van der Waals surface area contributed by atoms with Crippen LogP contribution in [0, 0.1) is 18.8 Å². The highest BCUT2D eigenvalue weighted by Crippen LogP contribution is 2.42. The van der Waals surface area contributed by atoms with Crippen molar-refractivity contribution in [2.75, 3.05) is 87.5 Å². The van der Waals surface area contributed by atoms with E-state index in [1.54, 1.807) is 28.4 Å². The Kier molecular flexibility index (Phi) is 16.6. The average Bonchev–Trinajstić information content (AvgIpc) is 3.43. The molecule has 1 aliphatic carbocycles. The highest BCUT2D eigenvalue weighted by molar-refractivity contribution is 7.13. The third-order valence-corrected chi connectivity index (χ3v) is 20.5. The van der Waals surface area contributed by atoms with E-state index in [1.165, 1.54) is 0 Å². The number of hydrogen-bond acceptors (Lipinski definition) is 17. The lowest BCUT2D eigenvalue weighted by molar-refractivity contribution is -0.141. The predicted molar refractivity (Wildman–Crippen MR) is 315 cm³/mol. The van der Waals surface area contributed by atoms with Crippen molar-refractivity contribution in [2.45, 2.75) is 158 Å². The molecule has 440 valence electrons. The van der Waals surface area contributed by atoms with Crippen LogP contribution >= 0.6 is 11.3 Å². The Morgan fingerprint density at radius 3 is 2.27 bits per heavy atom. The number of alkyl halides is 1. The molecule has 2 aromatic carbocycles. The van der Waals surface area contributed by atoms with Crippen LogP contribution in [-0.4, -0.2) is 182 Å². The van der Waals surface area contributed by atoms with Gasteiger partial charge in [-0.15, -0.1) is 21.5 Å². The first-order valence-corrected chi connectivity index (χ1v) is 31.2. The maximum atomic E-state index is 16.7. The molecule has 12 rings (SSSR count). The summed E-state index contributed by atoms with van der Waals surface area (Å²) in [6.07, 6.45) is 9.48. The second kappa shape index (κ2) is 24.1. The summed E-state index contributed by atoms with van der Waals surface area (Å²) in [6.45, 7) is 16.5. The molecular weight excluding hydrogens is 1060 g/mol. The SMILES string of the molecule is Cc1ncsc1-c1ccc([C@H](C)NC(=O)[C@@H]2C[C@@H](O)CN2C(=O)[C@@H](c2cc(N3CCC(CN4CCC(OC5CC(N6CCC(F)(CN7C8CCC7CN(c7cc(-c9ccccc9O)nnc7N)C8)CC6)C5)CC4)CC3)no2)C(C)C)cc1. The number of nitrogens with one attached hydrogen (secondary N) is 1. The molecule has 0 spiro atoms. The van der Waals surface area contributed by atoms with Crippen molar-refractivity contribution in [3.8, 4) is 27.4 Å². The number of hydrogen-bond donors (Lipinski definition) is 4. The molecule has 20 heteroatoms. The van der Waals surface area contributed by atoms with E-state index in [0.717, 1.165) is 143 Å². The molecule has 1 saturated carbocycles. The number of carbonyl (C=O) groups is 2. The fraction of sp³-hybridized carbons (Fsp3) is 0.613. The summed E-state index contributed by atoms with van der Waals surface area (Å²) in [6, 6.07) is 19.0. The number of aromatic nitrogens is 4. The molecule has 9 heterocycles. The summed E-state index contributed by atoms with van der Waals surface area (Å²) in [4.78, 5) is 47.4. The number of likely N-dealkylation sites (tertiary alicyclic amines) is 3. The Hall–Kier alpha value is -5.77. The van der Waals surface area contributed by atoms with Gasteiger partial charge in [0.2, 0.25) is 11.8 Å². The number of aryl methyl sites for hydroxylation is 1. The zero-order valence-electron chi connectivity index (χ0n) is 48.1. The average molecular weight is 1140 g/mol. The van der Waals surface area contributed by atoms with Crippen molar-refractivity contribution in [3.63, 3.8) is 0 Å². The van der Waals surface area contributed by atoms with Gasteiger partial charge in [0.25, 0.3) is 0 Å². The van der Waals surface area contributed by atoms with E-state index >= 15 is 4.39 Å². The number of halogens is 1. The number of piperidine rings is 3. The maximum absolute atomic E-state index is 16.7. The number of nitrogens with two attached hydrogens (primary N) is 1. The van der Waals surface area contributed by atoms with Crippen molar-refractivity contribution in [2.24, 2.45) is 11.8 Å². The highest BCUT2D eigenvalue weighted by atomic mass is 32.1. The van der Waals surface area contributed by atoms with Crippen LogP contribution < -0.4 is 20.9 Å². The number of anilines is 3. The zero-order chi connectivity index (χ0) is 56.8. The van der Waals surface area contributed by atoms with Crippen molar-refractivity contribution in [1.29, 1.82) is 0 Å². The smallest absolute Gasteiger partial charge is 0.243 e. The van der Waals surface area contributed by atoms with Gasteiger partial charge in [-0.05, 0) is 119 Å². The minimum absolute atomic E-state index is 0.0848. The standard InChI is InChI=1S/C62H83FN12O6S/c1-38(2)57(61(79)74-35-47(76)29-53(74)60(78)66-39(3)42-9-11-43(12-10-42)58-40(4)65-37-82-58)55-31-56(69-81-55)72-23-15-41(16-24-72)32-70-21-17-48(18-22-70)80-49-27-46(28-49)71-25-19-62(63,20-26-71)36-75-44-13-14-45(75)34-73(33-44)52-30-51(67-68-59(52)64)50-7-5-6-8-54(50)77/h5-12,30-31,37-39,41,44-49,53,57,76-77H,13-29,32-36H2,1-4H3,(H2,64,68)(H,66,78)/t39-,44?,45?,46?,47+,49?,53-,57+/m0/s1. The van der Waals surface area contributed by atoms with E-state index in [4.69, 9.17) is 15.0 Å². The number of carbonyl (C=O) groups excluding carboxylic acids is 2. The predicted octanol–water partition coefficient (Wildman–Crippen LogP) is 7.82. The molecule has 3 aromatic heterocycles. The molecule has 18 nitrogen and oxygen atoms in total. The number of β-amino-alcohol motifs (C(OH)–C–C–N with tert-alkyl or cyclic N) is 1. The number of piperazine rings is 1. The second-order valence-corrected chi connectivity index (χ2v) is 26.2. The lowest BCUT2D eigenvalue weighted by atomic mass is 9.84. The number of ether oxygens (including phenoxy) is 1. The Morgan fingerprint density at radius 1 is 0.866 bits per heavy atom. The number of aromatic hydroxyl groups is 1. The van der Waals surface area contributed by atoms with Crippen LogP contribution in [-0.2, 0) is 14.3 Å². The third kappa shape index (κ3) is 12.1. The van der Waals surface area contributed by atoms with Crippen molar-refractivity contribution in [1.82, 2.24) is 45.3 Å². The number of thiazole rings is 1. The number of amides is 2. The number of nitrogens with zero attached hydrogens (tertiary/aromatic N) is 10. The van der Waals surface area contributed by atoms with Gasteiger partial charge < -0.3 is 50.1 Å². The molecule has 82 heavy (non-hydrogen) atoms. The van der Waals surface area contributed by atoms with Crippen LogP contribution in [0.1, 0.15) is 120 Å². The molecule has 2 bridgehead atoms. The topological polar surface area (TPSA) is 206 Å². The van der Waals surface area contributed by atoms with E-state index < -0.39 is 23.7 Å². The number of aliphatic hydroxyl groups is 1. The van der Waals surface area contributed by atoms with Crippen LogP contribution in [0.5, 0.6) is 5.75 Å². The quantitative estimate of drug-likeness (QED) is 0.0701. The molecular formula is C62H83FN12O6S. The first-order chi connectivity index (χ1) is 39.6. The van der Waals surface area contributed by atoms with E-state index in [2.05, 4.69) is 50.2 Å². The van der Waals surface area contributed by atoms with Gasteiger partial charge in [0.1, 0.15) is 23.4 Å². The lowest BCUT2D eigenvalue weighted by Gasteiger charge is -2.49. The van der Waals surface area contributed by atoms with Gasteiger partial charge in [-0.1, -0.05) is 55.4 Å². The number of benzene rings is 2. The van der Waals surface area contributed by atoms with E-state index in [0.29, 0.717) is 66.4 Å². The van der Waals surface area contributed by atoms with Gasteiger partial charge in [-0.3, -0.25) is 19.4 Å². The summed E-state index contributed by atoms with van der Waals surface area (Å²) >= 11 is 1.60. The van der Waals surface area contributed by atoms with Crippen molar-refractivity contribution in [3.05, 3.63) is 83.2 Å². The van der Waals surface area contributed by atoms with Gasteiger partial charge in [0.05, 0.1) is 51.8 Å². The van der Waals surface area contributed by atoms with Gasteiger partial charge in [0, 0.05) is 108 Å². The summed E-state index contributed by atoms with van der Waals surface area (Å²) in [5.74, 6) is 1.04. The molecule has 2 amide bonds. The van der Waals surface area contributed by atoms with Gasteiger partial charge in [0.15, 0.2) is 17.4 Å². The van der Waals surface area contributed by atoms with E-state index in [9.17, 15) is 19.8 Å². The van der Waals surface area contributed by atoms with E-state index in [1.807, 2.05) is 81.7 Å². The second-order valence-electron chi connectivity index (χ2n) is 25.3. The van der Waals surface area contributed by atoms with Gasteiger partial charge >= 0.3 is 0 Å². The molecule has 0 radical (unpaired) electrons. The number of para-hydroxylation sites is 1. The summed E-state index contributed by atoms with van der Waals surface area (Å²) in [5, 5.41) is 37.4. The van der Waals surface area contributed by atoms with Crippen LogP contribution in [0.25, 0.3) is 21.7 Å². The molecule has 6 saturated heterocycles. The molecule has 5 N–H and O–H groups in total. The number of phenolic OH excluding ortho intramolecular Hbond substituents is 1. The van der Waals surface area contributed by atoms with Crippen molar-refractivity contribution >= 4 is 40.5 Å². The summed E-state index contributed by atoms with van der Waals surface area (Å²) < 4.78 is 29.4. The lowest BCUT2D eigenvalue weighted by Crippen LogP contribution is -2.60. The number of nitrogen functional groups attached to an aromatic ring is 1. The monoisotopic (exact) mass is 1140 g/mol. The molecule has 2 unspecified atom stereocenters. The Morgan fingerprint density at radius 2 is 1.59 bits per heavy atom. The molecule has 7 fully saturated rings. The normalized spacial score (nSPS) is 26.5. The van der Waals surface area contributed by atoms with Crippen LogP contribution in [0.4, 0.5) is 21.7 Å². The fourth-order valence-corrected chi connectivity index (χ4v) is 15.3. The van der Waals surface area contributed by atoms with Crippen LogP contribution in [0.3, 0.4) is 0 Å². The zero-order valence-corrected chi connectivity index (χ0v) is 48.9.